The number of hydrogen-bond acceptors (Lipinski definition) is 5. The molecule has 2 N–H and O–H groups in total. The Labute approximate surface area is 202 Å². The molecule has 2 bridgehead atoms. The van der Waals surface area contributed by atoms with Gasteiger partial charge >= 0.3 is 0 Å². The molecule has 0 aliphatic heterocycles. The maximum atomic E-state index is 13.0. The van der Waals surface area contributed by atoms with E-state index in [1.165, 1.54) is 37.4 Å². The third-order valence-corrected chi connectivity index (χ3v) is 9.07. The number of carbonyl (C=O) groups is 2. The summed E-state index contributed by atoms with van der Waals surface area (Å²) in [5.41, 5.74) is 2.27. The number of benzene rings is 2. The normalized spacial score (nSPS) is 22.4. The number of aryl methyl sites for hydroxylation is 1. The summed E-state index contributed by atoms with van der Waals surface area (Å²) < 4.78 is 1.05. The van der Waals surface area contributed by atoms with Gasteiger partial charge in [0.25, 0.3) is 5.91 Å². The fourth-order valence-corrected chi connectivity index (χ4v) is 7.28. The second-order valence-electron chi connectivity index (χ2n) is 9.35. The van der Waals surface area contributed by atoms with Crippen LogP contribution >= 0.6 is 23.1 Å². The molecule has 5 rings (SSSR count). The summed E-state index contributed by atoms with van der Waals surface area (Å²) in [5, 5.41) is 7.22. The van der Waals surface area contributed by atoms with Crippen molar-refractivity contribution in [2.45, 2.75) is 50.5 Å². The lowest BCUT2D eigenvalue weighted by Crippen LogP contribution is -2.40. The van der Waals surface area contributed by atoms with Crippen LogP contribution in [0.4, 0.5) is 5.69 Å². The lowest BCUT2D eigenvalue weighted by molar-refractivity contribution is -0.119. The van der Waals surface area contributed by atoms with Crippen LogP contribution in [0, 0.1) is 24.7 Å². The second kappa shape index (κ2) is 9.47. The number of carbonyl (C=O) groups excluding carboxylic acids is 2. The Hall–Kier alpha value is -2.38. The van der Waals surface area contributed by atoms with Gasteiger partial charge in [0.15, 0.2) is 0 Å². The van der Waals surface area contributed by atoms with Crippen LogP contribution in [-0.4, -0.2) is 28.6 Å². The fraction of sp³-hybridized carbons (Fsp3) is 0.423. The largest absolute Gasteiger partial charge is 0.353 e. The summed E-state index contributed by atoms with van der Waals surface area (Å²) in [6, 6.07) is 13.4. The number of anilines is 1. The van der Waals surface area contributed by atoms with Crippen LogP contribution in [0.2, 0.25) is 0 Å². The van der Waals surface area contributed by atoms with Crippen LogP contribution in [0.15, 0.2) is 47.4 Å². The molecule has 2 aromatic carbocycles. The first-order chi connectivity index (χ1) is 16.0. The summed E-state index contributed by atoms with van der Waals surface area (Å²) in [6.07, 6.45) is 5.30. The molecule has 0 saturated heterocycles. The van der Waals surface area contributed by atoms with Crippen LogP contribution in [0.5, 0.6) is 0 Å². The van der Waals surface area contributed by atoms with Crippen LogP contribution in [0.1, 0.15) is 48.0 Å². The Morgan fingerprint density at radius 2 is 2.03 bits per heavy atom. The Morgan fingerprint density at radius 1 is 1.18 bits per heavy atom. The molecule has 172 valence electrons. The van der Waals surface area contributed by atoms with E-state index >= 15 is 0 Å². The van der Waals surface area contributed by atoms with Crippen molar-refractivity contribution in [1.29, 1.82) is 0 Å². The van der Waals surface area contributed by atoms with Crippen molar-refractivity contribution in [1.82, 2.24) is 10.3 Å². The van der Waals surface area contributed by atoms with Crippen molar-refractivity contribution >= 4 is 50.8 Å². The number of fused-ring (bicyclic) bond motifs is 3. The number of thiazole rings is 1. The van der Waals surface area contributed by atoms with Gasteiger partial charge in [-0.1, -0.05) is 18.6 Å². The SMILES string of the molecule is Cc1nc2ccc(NC(=O)c3ccccc3SCC(=O)N[C@@H](C)[C@@H]3C[C@H]4CC[C@H]3C4)cc2s1. The molecule has 0 spiro atoms. The Morgan fingerprint density at radius 3 is 2.82 bits per heavy atom. The van der Waals surface area contributed by atoms with Gasteiger partial charge < -0.3 is 10.6 Å². The highest BCUT2D eigenvalue weighted by Gasteiger charge is 2.42. The summed E-state index contributed by atoms with van der Waals surface area (Å²) in [5.74, 6) is 2.46. The lowest BCUT2D eigenvalue weighted by atomic mass is 9.84. The molecule has 0 unspecified atom stereocenters. The van der Waals surface area contributed by atoms with E-state index < -0.39 is 0 Å². The average molecular weight is 480 g/mol. The number of nitrogens with one attached hydrogen (secondary N) is 2. The van der Waals surface area contributed by atoms with Crippen molar-refractivity contribution in [3.8, 4) is 0 Å². The zero-order valence-corrected chi connectivity index (χ0v) is 20.6. The Balaban J connectivity index is 1.20. The topological polar surface area (TPSA) is 71.1 Å². The minimum absolute atomic E-state index is 0.0384. The van der Waals surface area contributed by atoms with E-state index in [0.29, 0.717) is 17.2 Å². The van der Waals surface area contributed by atoms with Gasteiger partial charge in [-0.05, 0) is 81.2 Å². The average Bonchev–Trinajstić information content (AvgIpc) is 3.52. The van der Waals surface area contributed by atoms with Crippen molar-refractivity contribution in [3.05, 3.63) is 53.0 Å². The molecule has 5 nitrogen and oxygen atoms in total. The lowest BCUT2D eigenvalue weighted by Gasteiger charge is -2.28. The van der Waals surface area contributed by atoms with E-state index in [1.807, 2.05) is 49.4 Å². The molecule has 4 atom stereocenters. The van der Waals surface area contributed by atoms with Gasteiger partial charge in [0.05, 0.1) is 26.5 Å². The number of amides is 2. The van der Waals surface area contributed by atoms with E-state index in [1.54, 1.807) is 11.3 Å². The summed E-state index contributed by atoms with van der Waals surface area (Å²) in [7, 11) is 0. The first-order valence-corrected chi connectivity index (χ1v) is 13.5. The van der Waals surface area contributed by atoms with Crippen LogP contribution in [0.25, 0.3) is 10.2 Å². The van der Waals surface area contributed by atoms with Crippen LogP contribution < -0.4 is 10.6 Å². The van der Waals surface area contributed by atoms with Gasteiger partial charge in [-0.2, -0.15) is 0 Å². The molecule has 33 heavy (non-hydrogen) atoms. The molecule has 2 amide bonds. The summed E-state index contributed by atoms with van der Waals surface area (Å²) in [4.78, 5) is 30.9. The van der Waals surface area contributed by atoms with Gasteiger partial charge in [-0.15, -0.1) is 23.1 Å². The summed E-state index contributed by atoms with van der Waals surface area (Å²) >= 11 is 3.03. The summed E-state index contributed by atoms with van der Waals surface area (Å²) in [6.45, 7) is 4.13. The molecule has 1 heterocycles. The predicted molar refractivity (Wildman–Crippen MR) is 136 cm³/mol. The van der Waals surface area contributed by atoms with Gasteiger partial charge in [0.2, 0.25) is 5.91 Å². The number of hydrogen-bond donors (Lipinski definition) is 2. The molecule has 0 radical (unpaired) electrons. The van der Waals surface area contributed by atoms with Gasteiger partial charge in [-0.3, -0.25) is 9.59 Å². The minimum Gasteiger partial charge on any atom is -0.353 e. The highest BCUT2D eigenvalue weighted by atomic mass is 32.2. The molecule has 7 heteroatoms. The van der Waals surface area contributed by atoms with E-state index in [-0.39, 0.29) is 17.9 Å². The fourth-order valence-electron chi connectivity index (χ4n) is 5.55. The standard InChI is InChI=1S/C26H29N3O2S2/c1-15(21-12-17-7-8-18(21)11-17)27-25(30)14-32-23-6-4-3-5-20(23)26(31)29-19-9-10-22-24(13-19)33-16(2)28-22/h3-6,9-10,13,15,17-18,21H,7-8,11-12,14H2,1-2H3,(H,27,30)(H,29,31)/t15-,17-,18-,21-/m0/s1. The second-order valence-corrected chi connectivity index (χ2v) is 11.6. The maximum Gasteiger partial charge on any atom is 0.256 e. The number of rotatable bonds is 7. The first kappa shape index (κ1) is 22.4. The Kier molecular flexibility index (Phi) is 6.43. The van der Waals surface area contributed by atoms with E-state index in [4.69, 9.17) is 0 Å². The van der Waals surface area contributed by atoms with E-state index in [2.05, 4.69) is 22.5 Å². The molecule has 1 aromatic heterocycles. The molecule has 3 aromatic rings. The highest BCUT2D eigenvalue weighted by molar-refractivity contribution is 8.00. The molecular formula is C26H29N3O2S2. The first-order valence-electron chi connectivity index (χ1n) is 11.7. The predicted octanol–water partition coefficient (Wildman–Crippen LogP) is 5.89. The third kappa shape index (κ3) is 4.94. The van der Waals surface area contributed by atoms with E-state index in [9.17, 15) is 9.59 Å². The molecule has 2 fully saturated rings. The monoisotopic (exact) mass is 479 g/mol. The van der Waals surface area contributed by atoms with Gasteiger partial charge in [-0.25, -0.2) is 4.98 Å². The highest BCUT2D eigenvalue weighted by Crippen LogP contribution is 2.49. The van der Waals surface area contributed by atoms with Crippen molar-refractivity contribution < 1.29 is 9.59 Å². The number of thioether (sulfide) groups is 1. The minimum atomic E-state index is -0.172. The smallest absolute Gasteiger partial charge is 0.256 e. The van der Waals surface area contributed by atoms with Gasteiger partial charge in [0, 0.05) is 16.6 Å². The van der Waals surface area contributed by atoms with Crippen molar-refractivity contribution in [3.63, 3.8) is 0 Å². The quantitative estimate of drug-likeness (QED) is 0.415. The van der Waals surface area contributed by atoms with Crippen molar-refractivity contribution in [2.75, 3.05) is 11.1 Å². The third-order valence-electron chi connectivity index (χ3n) is 7.07. The molecular weight excluding hydrogens is 450 g/mol. The maximum absolute atomic E-state index is 13.0. The molecule has 2 saturated carbocycles. The Bertz CT molecular complexity index is 1190. The van der Waals surface area contributed by atoms with Crippen molar-refractivity contribution in [2.24, 2.45) is 17.8 Å². The van der Waals surface area contributed by atoms with E-state index in [0.717, 1.165) is 37.6 Å². The van der Waals surface area contributed by atoms with Gasteiger partial charge in [0.1, 0.15) is 0 Å². The number of nitrogens with zero attached hydrogens (tertiary/aromatic N) is 1. The zero-order chi connectivity index (χ0) is 22.9. The molecule has 2 aliphatic rings. The molecule has 2 aliphatic carbocycles. The number of aromatic nitrogens is 1. The zero-order valence-electron chi connectivity index (χ0n) is 19.0. The van der Waals surface area contributed by atoms with Crippen LogP contribution in [0.3, 0.4) is 0 Å². The van der Waals surface area contributed by atoms with Crippen LogP contribution in [-0.2, 0) is 4.79 Å².